The summed E-state index contributed by atoms with van der Waals surface area (Å²) in [5, 5.41) is 0.285. The summed E-state index contributed by atoms with van der Waals surface area (Å²) < 4.78 is 6.09. The summed E-state index contributed by atoms with van der Waals surface area (Å²) in [5.41, 5.74) is 0. The zero-order valence-corrected chi connectivity index (χ0v) is 14.5. The zero-order valence-electron chi connectivity index (χ0n) is 13.5. The number of allylic oxidation sites excluding steroid dienone is 7. The summed E-state index contributed by atoms with van der Waals surface area (Å²) >= 11 is 0. The minimum atomic E-state index is -1.59. The Labute approximate surface area is 126 Å². The van der Waals surface area contributed by atoms with Gasteiger partial charge >= 0.3 is 0 Å². The van der Waals surface area contributed by atoms with Crippen LogP contribution < -0.4 is 0 Å². The Bertz CT molecular complexity index is 412. The van der Waals surface area contributed by atoms with E-state index in [1.54, 1.807) is 6.08 Å². The lowest BCUT2D eigenvalue weighted by atomic mass is 10.2. The van der Waals surface area contributed by atoms with E-state index < -0.39 is 8.32 Å². The predicted molar refractivity (Wildman–Crippen MR) is 93.2 cm³/mol. The van der Waals surface area contributed by atoms with Crippen molar-refractivity contribution in [1.29, 1.82) is 0 Å². The molecule has 0 aromatic carbocycles. The van der Waals surface area contributed by atoms with Crippen LogP contribution in [0.15, 0.2) is 48.6 Å². The van der Waals surface area contributed by atoms with Crippen LogP contribution in [0.3, 0.4) is 0 Å². The fourth-order valence-electron chi connectivity index (χ4n) is 1.14. The predicted octanol–water partition coefficient (Wildman–Crippen LogP) is 5.26. The second-order valence-electron chi connectivity index (χ2n) is 6.12. The fraction of sp³-hybridized carbons (Fsp3) is 0.444. The number of rotatable bonds is 7. The van der Waals surface area contributed by atoms with Gasteiger partial charge in [0.25, 0.3) is 0 Å². The molecule has 0 spiro atoms. The summed E-state index contributed by atoms with van der Waals surface area (Å²) in [6.45, 7) is 12.2. The van der Waals surface area contributed by atoms with Gasteiger partial charge in [-0.05, 0) is 30.6 Å². The van der Waals surface area contributed by atoms with Crippen molar-refractivity contribution in [2.45, 2.75) is 45.3 Å². The zero-order chi connectivity index (χ0) is 15.5. The molecule has 0 saturated heterocycles. The Morgan fingerprint density at radius 1 is 1.00 bits per heavy atom. The van der Waals surface area contributed by atoms with Crippen LogP contribution in [0.25, 0.3) is 0 Å². The van der Waals surface area contributed by atoms with Gasteiger partial charge in [0, 0.05) is 6.61 Å². The summed E-state index contributed by atoms with van der Waals surface area (Å²) in [6, 6.07) is 0. The highest BCUT2D eigenvalue weighted by Gasteiger charge is 2.36. The second kappa shape index (κ2) is 9.58. The van der Waals surface area contributed by atoms with E-state index in [1.165, 1.54) is 0 Å². The van der Waals surface area contributed by atoms with Crippen molar-refractivity contribution >= 4 is 8.32 Å². The third-order valence-corrected chi connectivity index (χ3v) is 7.98. The van der Waals surface area contributed by atoms with Gasteiger partial charge in [-0.3, -0.25) is 0 Å². The smallest absolute Gasteiger partial charge is 0.191 e. The third-order valence-electron chi connectivity index (χ3n) is 3.44. The molecule has 0 aromatic heterocycles. The molecular formula is C18H28OSi. The summed E-state index contributed by atoms with van der Waals surface area (Å²) in [6.07, 6.45) is 21.6. The second-order valence-corrected chi connectivity index (χ2v) is 10.9. The van der Waals surface area contributed by atoms with Gasteiger partial charge in [-0.15, -0.1) is 6.42 Å². The van der Waals surface area contributed by atoms with Gasteiger partial charge < -0.3 is 4.43 Å². The van der Waals surface area contributed by atoms with Gasteiger partial charge in [0.15, 0.2) is 8.32 Å². The first-order valence-corrected chi connectivity index (χ1v) is 9.97. The molecule has 0 aromatic rings. The summed E-state index contributed by atoms with van der Waals surface area (Å²) in [5.74, 6) is 2.44. The van der Waals surface area contributed by atoms with Gasteiger partial charge in [0.2, 0.25) is 0 Å². The van der Waals surface area contributed by atoms with Gasteiger partial charge in [-0.2, -0.15) is 0 Å². The maximum absolute atomic E-state index is 6.09. The average Bonchev–Trinajstić information content (AvgIpc) is 2.34. The molecule has 0 fully saturated rings. The Morgan fingerprint density at radius 3 is 2.10 bits per heavy atom. The van der Waals surface area contributed by atoms with E-state index in [0.717, 1.165) is 13.0 Å². The minimum Gasteiger partial charge on any atom is -0.417 e. The Hall–Kier alpha value is -1.30. The van der Waals surface area contributed by atoms with E-state index in [-0.39, 0.29) is 5.04 Å². The minimum absolute atomic E-state index is 0.285. The lowest BCUT2D eigenvalue weighted by Crippen LogP contribution is -2.40. The van der Waals surface area contributed by atoms with Crippen LogP contribution in [-0.2, 0) is 4.43 Å². The molecule has 0 radical (unpaired) electrons. The summed E-state index contributed by atoms with van der Waals surface area (Å²) in [4.78, 5) is 0. The molecule has 2 heteroatoms. The van der Waals surface area contributed by atoms with Crippen LogP contribution in [0.4, 0.5) is 0 Å². The lowest BCUT2D eigenvalue weighted by molar-refractivity contribution is 0.294. The largest absolute Gasteiger partial charge is 0.417 e. The van der Waals surface area contributed by atoms with Crippen LogP contribution in [0.5, 0.6) is 0 Å². The standard InChI is InChI=1S/C18H28OSi/c1-7-8-9-10-11-12-13-14-15-16-17-19-20(5,6)18(2,3)4/h1,8-15H,16-17H2,2-6H3/b9-8+,11-10+,13-12+,15-14+. The number of hydrogen-bond donors (Lipinski definition) is 0. The van der Waals surface area contributed by atoms with E-state index in [0.29, 0.717) is 0 Å². The highest BCUT2D eigenvalue weighted by atomic mass is 28.4. The lowest BCUT2D eigenvalue weighted by Gasteiger charge is -2.36. The molecule has 0 atom stereocenters. The topological polar surface area (TPSA) is 9.23 Å². The van der Waals surface area contributed by atoms with Gasteiger partial charge in [0.05, 0.1) is 0 Å². The van der Waals surface area contributed by atoms with Gasteiger partial charge in [0.1, 0.15) is 0 Å². The van der Waals surface area contributed by atoms with Crippen molar-refractivity contribution in [1.82, 2.24) is 0 Å². The first-order chi connectivity index (χ1) is 9.31. The van der Waals surface area contributed by atoms with Crippen molar-refractivity contribution in [3.05, 3.63) is 48.6 Å². The molecule has 110 valence electrons. The third kappa shape index (κ3) is 8.74. The molecule has 0 rings (SSSR count). The maximum atomic E-state index is 6.09. The van der Waals surface area contributed by atoms with E-state index in [2.05, 4.69) is 45.9 Å². The monoisotopic (exact) mass is 288 g/mol. The van der Waals surface area contributed by atoms with Gasteiger partial charge in [-0.1, -0.05) is 69.2 Å². The van der Waals surface area contributed by atoms with E-state index in [9.17, 15) is 0 Å². The SMILES string of the molecule is C#C/C=C/C=C/C=C/C=C/CCO[Si](C)(C)C(C)(C)C. The van der Waals surface area contributed by atoms with E-state index in [4.69, 9.17) is 10.8 Å². The molecule has 0 amide bonds. The molecule has 0 aliphatic carbocycles. The maximum Gasteiger partial charge on any atom is 0.191 e. The molecule has 0 aliphatic heterocycles. The molecule has 0 aliphatic rings. The molecule has 0 unspecified atom stereocenters. The van der Waals surface area contributed by atoms with Gasteiger partial charge in [-0.25, -0.2) is 0 Å². The van der Waals surface area contributed by atoms with Crippen molar-refractivity contribution in [3.8, 4) is 12.3 Å². The number of terminal acetylenes is 1. The van der Waals surface area contributed by atoms with Crippen molar-refractivity contribution in [3.63, 3.8) is 0 Å². The molecule has 0 heterocycles. The molecule has 1 nitrogen and oxygen atoms in total. The molecule has 0 bridgehead atoms. The summed E-state index contributed by atoms with van der Waals surface area (Å²) in [7, 11) is -1.59. The van der Waals surface area contributed by atoms with Crippen molar-refractivity contribution in [2.24, 2.45) is 0 Å². The molecular weight excluding hydrogens is 260 g/mol. The highest BCUT2D eigenvalue weighted by Crippen LogP contribution is 2.36. The van der Waals surface area contributed by atoms with Crippen LogP contribution in [-0.4, -0.2) is 14.9 Å². The first kappa shape index (κ1) is 18.7. The van der Waals surface area contributed by atoms with Crippen molar-refractivity contribution < 1.29 is 4.43 Å². The normalized spacial score (nSPS) is 14.0. The Balaban J connectivity index is 3.89. The fourth-order valence-corrected chi connectivity index (χ4v) is 2.20. The van der Waals surface area contributed by atoms with E-state index in [1.807, 2.05) is 36.5 Å². The Kier molecular flexibility index (Phi) is 8.95. The first-order valence-electron chi connectivity index (χ1n) is 7.06. The molecule has 20 heavy (non-hydrogen) atoms. The highest BCUT2D eigenvalue weighted by molar-refractivity contribution is 6.74. The van der Waals surface area contributed by atoms with Crippen LogP contribution >= 0.6 is 0 Å². The van der Waals surface area contributed by atoms with Crippen LogP contribution in [0, 0.1) is 12.3 Å². The quantitative estimate of drug-likeness (QED) is 0.269. The number of hydrogen-bond acceptors (Lipinski definition) is 1. The molecule has 0 N–H and O–H groups in total. The Morgan fingerprint density at radius 2 is 1.55 bits per heavy atom. The van der Waals surface area contributed by atoms with Crippen LogP contribution in [0.1, 0.15) is 27.2 Å². The van der Waals surface area contributed by atoms with Crippen molar-refractivity contribution in [2.75, 3.05) is 6.61 Å². The molecule has 0 saturated carbocycles. The van der Waals surface area contributed by atoms with Crippen LogP contribution in [0.2, 0.25) is 18.1 Å². The average molecular weight is 289 g/mol. The van der Waals surface area contributed by atoms with E-state index >= 15 is 0 Å².